The van der Waals surface area contributed by atoms with Gasteiger partial charge in [-0.2, -0.15) is 0 Å². The highest BCUT2D eigenvalue weighted by Crippen LogP contribution is 2.47. The lowest BCUT2D eigenvalue weighted by atomic mass is 10.0. The third-order valence-corrected chi connectivity index (χ3v) is 3.78. The third-order valence-electron chi connectivity index (χ3n) is 3.34. The average molecular weight is 303 g/mol. The predicted octanol–water partition coefficient (Wildman–Crippen LogP) is 3.28. The van der Waals surface area contributed by atoms with Crippen LogP contribution in [0, 0.1) is 5.41 Å². The molecule has 4 nitrogen and oxygen atoms in total. The quantitative estimate of drug-likeness (QED) is 0.781. The predicted molar refractivity (Wildman–Crippen MR) is 76.9 cm³/mol. The molecule has 0 unspecified atom stereocenters. The molecule has 3 N–H and O–H groups in total. The summed E-state index contributed by atoms with van der Waals surface area (Å²) in [5.41, 5.74) is 0.653. The highest BCUT2D eigenvalue weighted by Gasteiger charge is 2.41. The van der Waals surface area contributed by atoms with Crippen LogP contribution in [-0.2, 0) is 0 Å². The smallest absolute Gasteiger partial charge is 0.319 e. The van der Waals surface area contributed by atoms with E-state index in [0.717, 1.165) is 19.3 Å². The van der Waals surface area contributed by atoms with Crippen molar-refractivity contribution in [2.75, 3.05) is 18.5 Å². The number of amides is 2. The van der Waals surface area contributed by atoms with E-state index >= 15 is 0 Å². The van der Waals surface area contributed by atoms with Gasteiger partial charge in [0.1, 0.15) is 0 Å². The number of aliphatic hydroxyl groups is 1. The lowest BCUT2D eigenvalue weighted by molar-refractivity contribution is 0.234. The van der Waals surface area contributed by atoms with E-state index in [-0.39, 0.29) is 18.1 Å². The van der Waals surface area contributed by atoms with Gasteiger partial charge in [-0.1, -0.05) is 23.2 Å². The monoisotopic (exact) mass is 302 g/mol. The van der Waals surface area contributed by atoms with Crippen molar-refractivity contribution in [3.05, 3.63) is 28.2 Å². The number of aliphatic hydroxyl groups excluding tert-OH is 1. The minimum absolute atomic E-state index is 0.0953. The molecular weight excluding hydrogens is 287 g/mol. The Morgan fingerprint density at radius 1 is 1.26 bits per heavy atom. The maximum atomic E-state index is 11.7. The molecule has 2 rings (SSSR count). The third kappa shape index (κ3) is 4.27. The Bertz CT molecular complexity index is 455. The van der Waals surface area contributed by atoms with Crippen LogP contribution in [0.1, 0.15) is 19.3 Å². The normalized spacial score (nSPS) is 15.9. The Morgan fingerprint density at radius 3 is 2.42 bits per heavy atom. The van der Waals surface area contributed by atoms with Gasteiger partial charge in [-0.05, 0) is 42.9 Å². The number of carbonyl (C=O) groups excluding carboxylic acids is 1. The molecule has 1 aromatic rings. The Labute approximate surface area is 122 Å². The highest BCUT2D eigenvalue weighted by molar-refractivity contribution is 6.35. The minimum Gasteiger partial charge on any atom is -0.396 e. The van der Waals surface area contributed by atoms with Crippen LogP contribution in [0.5, 0.6) is 0 Å². The van der Waals surface area contributed by atoms with Crippen molar-refractivity contribution >= 4 is 34.9 Å². The summed E-state index contributed by atoms with van der Waals surface area (Å²) in [6.45, 7) is 0.737. The van der Waals surface area contributed by atoms with Gasteiger partial charge in [0, 0.05) is 28.9 Å². The summed E-state index contributed by atoms with van der Waals surface area (Å²) in [5, 5.41) is 15.4. The zero-order valence-electron chi connectivity index (χ0n) is 10.4. The van der Waals surface area contributed by atoms with Gasteiger partial charge in [-0.15, -0.1) is 0 Å². The first-order valence-corrected chi connectivity index (χ1v) is 6.90. The lowest BCUT2D eigenvalue weighted by Crippen LogP contribution is -2.34. The number of halogens is 2. The van der Waals surface area contributed by atoms with Gasteiger partial charge in [-0.25, -0.2) is 4.79 Å². The van der Waals surface area contributed by atoms with Crippen molar-refractivity contribution in [2.45, 2.75) is 19.3 Å². The summed E-state index contributed by atoms with van der Waals surface area (Å²) in [6.07, 6.45) is 2.84. The largest absolute Gasteiger partial charge is 0.396 e. The summed E-state index contributed by atoms with van der Waals surface area (Å²) < 4.78 is 0. The molecule has 19 heavy (non-hydrogen) atoms. The van der Waals surface area contributed by atoms with Crippen molar-refractivity contribution in [2.24, 2.45) is 5.41 Å². The summed E-state index contributed by atoms with van der Waals surface area (Å²) in [5.74, 6) is 0. The van der Waals surface area contributed by atoms with Crippen LogP contribution in [0.4, 0.5) is 10.5 Å². The fourth-order valence-electron chi connectivity index (χ4n) is 2.00. The van der Waals surface area contributed by atoms with E-state index in [1.807, 2.05) is 0 Å². The van der Waals surface area contributed by atoms with E-state index in [4.69, 9.17) is 28.3 Å². The maximum Gasteiger partial charge on any atom is 0.319 e. The van der Waals surface area contributed by atoms with E-state index in [9.17, 15) is 4.79 Å². The van der Waals surface area contributed by atoms with Gasteiger partial charge in [0.15, 0.2) is 0 Å². The SMILES string of the molecule is O=C(NCC1(CCO)CC1)Nc1cc(Cl)cc(Cl)c1. The van der Waals surface area contributed by atoms with Crippen LogP contribution < -0.4 is 10.6 Å². The number of benzene rings is 1. The zero-order valence-corrected chi connectivity index (χ0v) is 11.9. The molecular formula is C13H16Cl2N2O2. The summed E-state index contributed by atoms with van der Waals surface area (Å²) in [7, 11) is 0. The number of nitrogens with one attached hydrogen (secondary N) is 2. The molecule has 0 heterocycles. The van der Waals surface area contributed by atoms with E-state index in [0.29, 0.717) is 22.3 Å². The molecule has 0 atom stereocenters. The van der Waals surface area contributed by atoms with E-state index in [1.54, 1.807) is 18.2 Å². The second-order valence-electron chi connectivity index (χ2n) is 4.94. The fraction of sp³-hybridized carbons (Fsp3) is 0.462. The standard InChI is InChI=1S/C13H16Cl2N2O2/c14-9-5-10(15)7-11(6-9)17-12(19)16-8-13(1-2-13)3-4-18/h5-7,18H,1-4,8H2,(H2,16,17,19). The first kappa shape index (κ1) is 14.4. The maximum absolute atomic E-state index is 11.7. The number of carbonyl (C=O) groups is 1. The van der Waals surface area contributed by atoms with Crippen molar-refractivity contribution in [3.63, 3.8) is 0 Å². The van der Waals surface area contributed by atoms with Gasteiger partial charge in [0.2, 0.25) is 0 Å². The molecule has 1 fully saturated rings. The molecule has 0 saturated heterocycles. The summed E-state index contributed by atoms with van der Waals surface area (Å²) in [6, 6.07) is 4.58. The fourth-order valence-corrected chi connectivity index (χ4v) is 2.52. The molecule has 1 saturated carbocycles. The molecule has 0 radical (unpaired) electrons. The van der Waals surface area contributed by atoms with Crippen molar-refractivity contribution < 1.29 is 9.90 Å². The first-order chi connectivity index (χ1) is 9.03. The number of hydrogen-bond acceptors (Lipinski definition) is 2. The molecule has 1 aliphatic carbocycles. The summed E-state index contributed by atoms with van der Waals surface area (Å²) >= 11 is 11.7. The zero-order chi connectivity index (χ0) is 13.9. The molecule has 0 aromatic heterocycles. The van der Waals surface area contributed by atoms with Crippen LogP contribution in [0.3, 0.4) is 0 Å². The van der Waals surface area contributed by atoms with Crippen molar-refractivity contribution in [1.82, 2.24) is 5.32 Å². The Morgan fingerprint density at radius 2 is 1.89 bits per heavy atom. The van der Waals surface area contributed by atoms with E-state index < -0.39 is 0 Å². The number of rotatable bonds is 5. The topological polar surface area (TPSA) is 61.4 Å². The van der Waals surface area contributed by atoms with E-state index in [2.05, 4.69) is 10.6 Å². The molecule has 0 bridgehead atoms. The van der Waals surface area contributed by atoms with Gasteiger partial charge in [0.25, 0.3) is 0 Å². The second-order valence-corrected chi connectivity index (χ2v) is 5.81. The molecule has 104 valence electrons. The minimum atomic E-state index is -0.289. The van der Waals surface area contributed by atoms with Crippen LogP contribution in [0.25, 0.3) is 0 Å². The number of urea groups is 1. The Kier molecular flexibility index (Phi) is 4.55. The first-order valence-electron chi connectivity index (χ1n) is 6.15. The lowest BCUT2D eigenvalue weighted by Gasteiger charge is -2.15. The summed E-state index contributed by atoms with van der Waals surface area (Å²) in [4.78, 5) is 11.7. The second kappa shape index (κ2) is 5.99. The van der Waals surface area contributed by atoms with Gasteiger partial charge in [0.05, 0.1) is 0 Å². The Balaban J connectivity index is 1.84. The molecule has 6 heteroatoms. The van der Waals surface area contributed by atoms with E-state index in [1.165, 1.54) is 0 Å². The van der Waals surface area contributed by atoms with Crippen LogP contribution >= 0.6 is 23.2 Å². The molecule has 0 spiro atoms. The molecule has 2 amide bonds. The molecule has 1 aromatic carbocycles. The number of hydrogen-bond donors (Lipinski definition) is 3. The van der Waals surface area contributed by atoms with Gasteiger partial charge >= 0.3 is 6.03 Å². The van der Waals surface area contributed by atoms with Gasteiger partial charge in [-0.3, -0.25) is 0 Å². The van der Waals surface area contributed by atoms with Crippen molar-refractivity contribution in [1.29, 1.82) is 0 Å². The van der Waals surface area contributed by atoms with Crippen LogP contribution in [0.15, 0.2) is 18.2 Å². The van der Waals surface area contributed by atoms with Crippen LogP contribution in [0.2, 0.25) is 10.0 Å². The Hall–Kier alpha value is -0.970. The van der Waals surface area contributed by atoms with Crippen molar-refractivity contribution in [3.8, 4) is 0 Å². The molecule has 0 aliphatic heterocycles. The molecule has 1 aliphatic rings. The van der Waals surface area contributed by atoms with Gasteiger partial charge < -0.3 is 15.7 Å². The van der Waals surface area contributed by atoms with Crippen LogP contribution in [-0.4, -0.2) is 24.3 Å². The number of anilines is 1. The highest BCUT2D eigenvalue weighted by atomic mass is 35.5. The average Bonchev–Trinajstić information content (AvgIpc) is 3.06.